The maximum Gasteiger partial charge on any atom is 0.0844 e. The van der Waals surface area contributed by atoms with Crippen LogP contribution < -0.4 is 10.6 Å². The minimum atomic E-state index is 0.370. The van der Waals surface area contributed by atoms with Gasteiger partial charge < -0.3 is 5.32 Å². The fraction of sp³-hybridized carbons (Fsp3) is 0.250. The Kier molecular flexibility index (Phi) is 2.17. The fourth-order valence-corrected chi connectivity index (χ4v) is 3.21. The molecular formula is C16H16N2. The van der Waals surface area contributed by atoms with Gasteiger partial charge in [-0.1, -0.05) is 42.5 Å². The SMILES string of the molecule is c1ccc2c(c1)CNC1Nc3ccccc3C1C2. The molecule has 18 heavy (non-hydrogen) atoms. The Morgan fingerprint density at radius 3 is 2.61 bits per heavy atom. The molecule has 2 unspecified atom stereocenters. The molecule has 0 radical (unpaired) electrons. The average Bonchev–Trinajstić information content (AvgIpc) is 2.65. The van der Waals surface area contributed by atoms with Crippen molar-refractivity contribution in [2.24, 2.45) is 0 Å². The number of para-hydroxylation sites is 1. The average molecular weight is 236 g/mol. The summed E-state index contributed by atoms with van der Waals surface area (Å²) in [5, 5.41) is 7.24. The summed E-state index contributed by atoms with van der Waals surface area (Å²) in [5.74, 6) is 0.546. The van der Waals surface area contributed by atoms with Crippen LogP contribution in [0.2, 0.25) is 0 Å². The summed E-state index contributed by atoms with van der Waals surface area (Å²) < 4.78 is 0. The molecule has 2 nitrogen and oxygen atoms in total. The van der Waals surface area contributed by atoms with Gasteiger partial charge in [-0.15, -0.1) is 0 Å². The predicted octanol–water partition coefficient (Wildman–Crippen LogP) is 2.87. The lowest BCUT2D eigenvalue weighted by atomic mass is 9.91. The van der Waals surface area contributed by atoms with Gasteiger partial charge in [-0.05, 0) is 29.2 Å². The van der Waals surface area contributed by atoms with Crippen molar-refractivity contribution in [3.63, 3.8) is 0 Å². The van der Waals surface area contributed by atoms with Crippen LogP contribution in [0.5, 0.6) is 0 Å². The molecule has 0 saturated carbocycles. The zero-order valence-corrected chi connectivity index (χ0v) is 10.2. The van der Waals surface area contributed by atoms with E-state index in [1.54, 1.807) is 0 Å². The van der Waals surface area contributed by atoms with Gasteiger partial charge in [0.2, 0.25) is 0 Å². The first kappa shape index (κ1) is 10.2. The van der Waals surface area contributed by atoms with Crippen molar-refractivity contribution in [3.8, 4) is 0 Å². The highest BCUT2D eigenvalue weighted by Crippen LogP contribution is 2.38. The molecule has 2 heterocycles. The van der Waals surface area contributed by atoms with Crippen molar-refractivity contribution in [2.45, 2.75) is 25.0 Å². The number of benzene rings is 2. The third kappa shape index (κ3) is 1.46. The van der Waals surface area contributed by atoms with Crippen LogP contribution in [0.3, 0.4) is 0 Å². The van der Waals surface area contributed by atoms with E-state index in [1.165, 1.54) is 22.4 Å². The molecule has 2 aromatic rings. The first-order valence-electron chi connectivity index (χ1n) is 6.57. The van der Waals surface area contributed by atoms with E-state index in [9.17, 15) is 0 Å². The summed E-state index contributed by atoms with van der Waals surface area (Å²) in [7, 11) is 0. The quantitative estimate of drug-likeness (QED) is 0.735. The van der Waals surface area contributed by atoms with E-state index in [-0.39, 0.29) is 0 Å². The highest BCUT2D eigenvalue weighted by molar-refractivity contribution is 5.60. The second-order valence-corrected chi connectivity index (χ2v) is 5.17. The molecule has 0 saturated heterocycles. The van der Waals surface area contributed by atoms with Gasteiger partial charge in [0.05, 0.1) is 6.17 Å². The number of nitrogens with one attached hydrogen (secondary N) is 2. The Morgan fingerprint density at radius 2 is 1.67 bits per heavy atom. The lowest BCUT2D eigenvalue weighted by molar-refractivity contribution is 0.507. The van der Waals surface area contributed by atoms with Crippen LogP contribution in [-0.4, -0.2) is 6.17 Å². The predicted molar refractivity (Wildman–Crippen MR) is 73.6 cm³/mol. The standard InChI is InChI=1S/C16H16N2/c1-2-6-12-10-17-16-14(9-11(12)5-1)13-7-3-4-8-15(13)18-16/h1-8,14,16-18H,9-10H2. The molecule has 0 aromatic heterocycles. The van der Waals surface area contributed by atoms with Crippen molar-refractivity contribution in [2.75, 3.05) is 5.32 Å². The molecule has 0 aliphatic carbocycles. The smallest absolute Gasteiger partial charge is 0.0844 e. The highest BCUT2D eigenvalue weighted by atomic mass is 15.2. The van der Waals surface area contributed by atoms with Crippen molar-refractivity contribution in [3.05, 3.63) is 65.2 Å². The van der Waals surface area contributed by atoms with E-state index in [4.69, 9.17) is 0 Å². The Morgan fingerprint density at radius 1 is 0.889 bits per heavy atom. The van der Waals surface area contributed by atoms with Gasteiger partial charge in [0.25, 0.3) is 0 Å². The van der Waals surface area contributed by atoms with Crippen molar-refractivity contribution >= 4 is 5.69 Å². The van der Waals surface area contributed by atoms with Gasteiger partial charge >= 0.3 is 0 Å². The largest absolute Gasteiger partial charge is 0.369 e. The van der Waals surface area contributed by atoms with Gasteiger partial charge in [-0.25, -0.2) is 0 Å². The van der Waals surface area contributed by atoms with Gasteiger partial charge in [-0.3, -0.25) is 5.32 Å². The van der Waals surface area contributed by atoms with Crippen LogP contribution in [0.4, 0.5) is 5.69 Å². The Labute approximate surface area is 107 Å². The Balaban J connectivity index is 1.78. The van der Waals surface area contributed by atoms with Crippen LogP contribution >= 0.6 is 0 Å². The van der Waals surface area contributed by atoms with Crippen LogP contribution in [0.25, 0.3) is 0 Å². The molecule has 90 valence electrons. The second kappa shape index (κ2) is 3.85. The van der Waals surface area contributed by atoms with Crippen molar-refractivity contribution in [1.82, 2.24) is 5.32 Å². The number of rotatable bonds is 0. The van der Waals surface area contributed by atoms with E-state index in [0.29, 0.717) is 12.1 Å². The van der Waals surface area contributed by atoms with Crippen molar-refractivity contribution in [1.29, 1.82) is 0 Å². The lowest BCUT2D eigenvalue weighted by Crippen LogP contribution is -2.35. The minimum Gasteiger partial charge on any atom is -0.369 e. The Bertz CT molecular complexity index is 585. The van der Waals surface area contributed by atoms with Gasteiger partial charge in [0.15, 0.2) is 0 Å². The fourth-order valence-electron chi connectivity index (χ4n) is 3.21. The molecule has 4 rings (SSSR count). The van der Waals surface area contributed by atoms with Gasteiger partial charge in [-0.2, -0.15) is 0 Å². The number of hydrogen-bond donors (Lipinski definition) is 2. The highest BCUT2D eigenvalue weighted by Gasteiger charge is 2.33. The first-order valence-corrected chi connectivity index (χ1v) is 6.57. The maximum absolute atomic E-state index is 3.64. The molecule has 2 aliphatic rings. The molecule has 0 fully saturated rings. The number of hydrogen-bond acceptors (Lipinski definition) is 2. The third-order valence-electron chi connectivity index (χ3n) is 4.14. The molecule has 0 amide bonds. The maximum atomic E-state index is 3.64. The van der Waals surface area contributed by atoms with Crippen LogP contribution in [0, 0.1) is 0 Å². The van der Waals surface area contributed by atoms with Crippen LogP contribution in [0.1, 0.15) is 22.6 Å². The molecular weight excluding hydrogens is 220 g/mol. The summed E-state index contributed by atoms with van der Waals surface area (Å²) in [5.41, 5.74) is 5.66. The Hall–Kier alpha value is -1.80. The van der Waals surface area contributed by atoms with Gasteiger partial charge in [0.1, 0.15) is 0 Å². The summed E-state index contributed by atoms with van der Waals surface area (Å²) in [6.07, 6.45) is 1.49. The van der Waals surface area contributed by atoms with E-state index in [2.05, 4.69) is 59.2 Å². The first-order chi connectivity index (χ1) is 8.92. The van der Waals surface area contributed by atoms with Crippen molar-refractivity contribution < 1.29 is 0 Å². The van der Waals surface area contributed by atoms with E-state index in [0.717, 1.165) is 13.0 Å². The lowest BCUT2D eigenvalue weighted by Gasteiger charge is -2.17. The topological polar surface area (TPSA) is 24.1 Å². The molecule has 2 heteroatoms. The van der Waals surface area contributed by atoms with E-state index in [1.807, 2.05) is 0 Å². The van der Waals surface area contributed by atoms with E-state index >= 15 is 0 Å². The third-order valence-corrected chi connectivity index (χ3v) is 4.14. The summed E-state index contributed by atoms with van der Waals surface area (Å²) in [6, 6.07) is 17.4. The zero-order chi connectivity index (χ0) is 11.9. The van der Waals surface area contributed by atoms with Crippen LogP contribution in [-0.2, 0) is 13.0 Å². The normalized spacial score (nSPS) is 24.4. The number of anilines is 1. The molecule has 2 atom stereocenters. The monoisotopic (exact) mass is 236 g/mol. The summed E-state index contributed by atoms with van der Waals surface area (Å²) in [6.45, 7) is 0.957. The molecule has 0 spiro atoms. The van der Waals surface area contributed by atoms with Gasteiger partial charge in [0, 0.05) is 18.2 Å². The zero-order valence-electron chi connectivity index (χ0n) is 10.2. The summed E-state index contributed by atoms with van der Waals surface area (Å²) >= 11 is 0. The molecule has 2 aliphatic heterocycles. The van der Waals surface area contributed by atoms with E-state index < -0.39 is 0 Å². The summed E-state index contributed by atoms with van der Waals surface area (Å²) in [4.78, 5) is 0. The molecule has 0 bridgehead atoms. The second-order valence-electron chi connectivity index (χ2n) is 5.17. The number of fused-ring (bicyclic) bond motifs is 4. The molecule has 2 N–H and O–H groups in total. The van der Waals surface area contributed by atoms with Crippen LogP contribution in [0.15, 0.2) is 48.5 Å². The minimum absolute atomic E-state index is 0.370. The molecule has 2 aromatic carbocycles.